The maximum atomic E-state index is 12.4. The smallest absolute Gasteiger partial charge is 0.303 e. The van der Waals surface area contributed by atoms with E-state index in [0.29, 0.717) is 38.9 Å². The molecule has 0 atom stereocenters. The summed E-state index contributed by atoms with van der Waals surface area (Å²) in [5.41, 5.74) is 0.885. The Labute approximate surface area is 155 Å². The van der Waals surface area contributed by atoms with Gasteiger partial charge in [-0.15, -0.1) is 0 Å². The number of carbonyl (C=O) groups is 2. The summed E-state index contributed by atoms with van der Waals surface area (Å²) in [6.07, 6.45) is 1.27. The van der Waals surface area contributed by atoms with Crippen LogP contribution in [0.5, 0.6) is 0 Å². The number of hydrogen-bond donors (Lipinski definition) is 1. The number of carbonyl (C=O) groups excluding carboxylic acids is 1. The highest BCUT2D eigenvalue weighted by Crippen LogP contribution is 2.17. The summed E-state index contributed by atoms with van der Waals surface area (Å²) in [6.45, 7) is 4.85. The molecule has 1 aromatic carbocycles. The predicted molar refractivity (Wildman–Crippen MR) is 99.4 cm³/mol. The molecule has 0 fully saturated rings. The summed E-state index contributed by atoms with van der Waals surface area (Å²) in [5.74, 6) is -0.930. The van der Waals surface area contributed by atoms with Crippen molar-refractivity contribution in [2.24, 2.45) is 0 Å². The largest absolute Gasteiger partial charge is 0.481 e. The molecule has 0 aromatic heterocycles. The Morgan fingerprint density at radius 2 is 1.62 bits per heavy atom. The lowest BCUT2D eigenvalue weighted by Gasteiger charge is -2.18. The van der Waals surface area contributed by atoms with Crippen molar-refractivity contribution in [1.29, 1.82) is 0 Å². The van der Waals surface area contributed by atoms with Gasteiger partial charge in [-0.1, -0.05) is 26.0 Å². The third kappa shape index (κ3) is 6.42. The zero-order chi connectivity index (χ0) is 19.7. The van der Waals surface area contributed by atoms with Gasteiger partial charge < -0.3 is 10.0 Å². The molecule has 0 radical (unpaired) electrons. The van der Waals surface area contributed by atoms with Gasteiger partial charge >= 0.3 is 5.97 Å². The molecule has 146 valence electrons. The Hall–Kier alpha value is -1.93. The highest BCUT2D eigenvalue weighted by Gasteiger charge is 2.21. The second-order valence-corrected chi connectivity index (χ2v) is 7.98. The normalized spacial score (nSPS) is 11.5. The van der Waals surface area contributed by atoms with Gasteiger partial charge in [-0.3, -0.25) is 9.59 Å². The molecular formula is C18H28N2O5S. The number of aryl methyl sites for hydroxylation is 1. The summed E-state index contributed by atoms with van der Waals surface area (Å²) >= 11 is 0. The van der Waals surface area contributed by atoms with Crippen LogP contribution in [0.2, 0.25) is 0 Å². The second kappa shape index (κ2) is 10.3. The first kappa shape index (κ1) is 22.1. The van der Waals surface area contributed by atoms with Gasteiger partial charge in [0.15, 0.2) is 0 Å². The van der Waals surface area contributed by atoms with E-state index in [0.717, 1.165) is 5.56 Å². The van der Waals surface area contributed by atoms with Gasteiger partial charge in [-0.05, 0) is 30.5 Å². The average molecular weight is 384 g/mol. The van der Waals surface area contributed by atoms with Crippen molar-refractivity contribution >= 4 is 21.9 Å². The van der Waals surface area contributed by atoms with Crippen LogP contribution in [-0.2, 0) is 26.0 Å². The molecule has 0 aliphatic rings. The second-order valence-electron chi connectivity index (χ2n) is 6.05. The molecule has 1 amide bonds. The molecule has 0 aliphatic carbocycles. The van der Waals surface area contributed by atoms with Crippen molar-refractivity contribution in [3.8, 4) is 0 Å². The molecule has 26 heavy (non-hydrogen) atoms. The standard InChI is InChI=1S/C18H28N2O5S/c1-4-20(5-2)26(24,25)16-11-8-15(9-12-16)10-13-17(21)19(3)14-6-7-18(22)23/h8-9,11-12H,4-7,10,13-14H2,1-3H3,(H,22,23). The Balaban J connectivity index is 2.60. The van der Waals surface area contributed by atoms with E-state index in [-0.39, 0.29) is 17.2 Å². The summed E-state index contributed by atoms with van der Waals surface area (Å²) in [4.78, 5) is 24.3. The van der Waals surface area contributed by atoms with Gasteiger partial charge in [-0.25, -0.2) is 8.42 Å². The molecule has 0 heterocycles. The molecule has 0 saturated carbocycles. The van der Waals surface area contributed by atoms with E-state index in [4.69, 9.17) is 5.11 Å². The first-order valence-corrected chi connectivity index (χ1v) is 10.2. The topological polar surface area (TPSA) is 95.0 Å². The third-order valence-corrected chi connectivity index (χ3v) is 6.27. The van der Waals surface area contributed by atoms with Gasteiger partial charge in [-0.2, -0.15) is 4.31 Å². The van der Waals surface area contributed by atoms with Crippen LogP contribution in [0.1, 0.15) is 38.7 Å². The van der Waals surface area contributed by atoms with Gasteiger partial charge in [0.25, 0.3) is 0 Å². The zero-order valence-electron chi connectivity index (χ0n) is 15.6. The predicted octanol–water partition coefficient (Wildman–Crippen LogP) is 1.97. The van der Waals surface area contributed by atoms with Crippen LogP contribution >= 0.6 is 0 Å². The fraction of sp³-hybridized carbons (Fsp3) is 0.556. The molecule has 0 spiro atoms. The average Bonchev–Trinajstić information content (AvgIpc) is 2.60. The van der Waals surface area contributed by atoms with E-state index in [1.54, 1.807) is 45.2 Å². The number of rotatable bonds is 11. The number of amides is 1. The highest BCUT2D eigenvalue weighted by molar-refractivity contribution is 7.89. The van der Waals surface area contributed by atoms with Crippen LogP contribution in [-0.4, -0.2) is 61.3 Å². The molecule has 0 saturated heterocycles. The molecule has 0 unspecified atom stereocenters. The first-order chi connectivity index (χ1) is 12.2. The van der Waals surface area contributed by atoms with Crippen molar-refractivity contribution in [3.63, 3.8) is 0 Å². The number of aliphatic carboxylic acids is 1. The van der Waals surface area contributed by atoms with Crippen LogP contribution in [0.25, 0.3) is 0 Å². The highest BCUT2D eigenvalue weighted by atomic mass is 32.2. The molecule has 1 aromatic rings. The van der Waals surface area contributed by atoms with Crippen LogP contribution in [0.4, 0.5) is 0 Å². The number of benzene rings is 1. The number of nitrogens with zero attached hydrogens (tertiary/aromatic N) is 2. The van der Waals surface area contributed by atoms with Gasteiger partial charge in [0.05, 0.1) is 4.90 Å². The Morgan fingerprint density at radius 1 is 1.04 bits per heavy atom. The van der Waals surface area contributed by atoms with E-state index in [1.165, 1.54) is 9.21 Å². The zero-order valence-corrected chi connectivity index (χ0v) is 16.5. The van der Waals surface area contributed by atoms with Crippen molar-refractivity contribution in [3.05, 3.63) is 29.8 Å². The Bertz CT molecular complexity index is 697. The molecule has 1 rings (SSSR count). The molecule has 0 aliphatic heterocycles. The minimum absolute atomic E-state index is 0.0418. The number of sulfonamides is 1. The summed E-state index contributed by atoms with van der Waals surface area (Å²) < 4.78 is 26.3. The summed E-state index contributed by atoms with van der Waals surface area (Å²) in [6, 6.07) is 6.61. The van der Waals surface area contributed by atoms with E-state index >= 15 is 0 Å². The maximum absolute atomic E-state index is 12.4. The van der Waals surface area contributed by atoms with E-state index < -0.39 is 16.0 Å². The van der Waals surface area contributed by atoms with Crippen molar-refractivity contribution in [1.82, 2.24) is 9.21 Å². The minimum Gasteiger partial charge on any atom is -0.481 e. The minimum atomic E-state index is -3.47. The number of carboxylic acids is 1. The SMILES string of the molecule is CCN(CC)S(=O)(=O)c1ccc(CCC(=O)N(C)CCCC(=O)O)cc1. The van der Waals surface area contributed by atoms with Gasteiger partial charge in [0.2, 0.25) is 15.9 Å². The summed E-state index contributed by atoms with van der Waals surface area (Å²) in [7, 11) is -1.81. The molecule has 1 N–H and O–H groups in total. The number of hydrogen-bond acceptors (Lipinski definition) is 4. The monoisotopic (exact) mass is 384 g/mol. The molecular weight excluding hydrogens is 356 g/mol. The summed E-state index contributed by atoms with van der Waals surface area (Å²) in [5, 5.41) is 8.61. The van der Waals surface area contributed by atoms with Crippen molar-refractivity contribution < 1.29 is 23.1 Å². The van der Waals surface area contributed by atoms with E-state index in [1.807, 2.05) is 0 Å². The first-order valence-electron chi connectivity index (χ1n) is 8.77. The van der Waals surface area contributed by atoms with Crippen molar-refractivity contribution in [2.45, 2.75) is 44.4 Å². The number of carboxylic acid groups (broad SMARTS) is 1. The maximum Gasteiger partial charge on any atom is 0.303 e. The van der Waals surface area contributed by atoms with Gasteiger partial charge in [0, 0.05) is 39.5 Å². The van der Waals surface area contributed by atoms with Crippen LogP contribution in [0.15, 0.2) is 29.2 Å². The molecule has 8 heteroatoms. The van der Waals surface area contributed by atoms with Crippen molar-refractivity contribution in [2.75, 3.05) is 26.7 Å². The Kier molecular flexibility index (Phi) is 8.74. The van der Waals surface area contributed by atoms with Crippen LogP contribution in [0, 0.1) is 0 Å². The van der Waals surface area contributed by atoms with E-state index in [9.17, 15) is 18.0 Å². The lowest BCUT2D eigenvalue weighted by Crippen LogP contribution is -2.30. The van der Waals surface area contributed by atoms with E-state index in [2.05, 4.69) is 0 Å². The lowest BCUT2D eigenvalue weighted by atomic mass is 10.1. The van der Waals surface area contributed by atoms with Crippen LogP contribution in [0.3, 0.4) is 0 Å². The molecule has 0 bridgehead atoms. The van der Waals surface area contributed by atoms with Gasteiger partial charge in [0.1, 0.15) is 0 Å². The third-order valence-electron chi connectivity index (χ3n) is 4.20. The fourth-order valence-electron chi connectivity index (χ4n) is 2.57. The molecule has 7 nitrogen and oxygen atoms in total. The Morgan fingerprint density at radius 3 is 2.12 bits per heavy atom. The van der Waals surface area contributed by atoms with Crippen LogP contribution < -0.4 is 0 Å². The lowest BCUT2D eigenvalue weighted by molar-refractivity contribution is -0.138. The quantitative estimate of drug-likeness (QED) is 0.629. The fourth-order valence-corrected chi connectivity index (χ4v) is 4.03.